The average Bonchev–Trinajstić information content (AvgIpc) is 2.31. The molecule has 5 heteroatoms. The number of hydrogen-bond acceptors (Lipinski definition) is 5. The van der Waals surface area contributed by atoms with E-state index in [-0.39, 0.29) is 0 Å². The minimum Gasteiger partial charge on any atom is -0.198 e. The van der Waals surface area contributed by atoms with Gasteiger partial charge in [0, 0.05) is 17.1 Å². The summed E-state index contributed by atoms with van der Waals surface area (Å²) in [6.45, 7) is 2.08. The third kappa shape index (κ3) is 2.87. The van der Waals surface area contributed by atoms with Crippen molar-refractivity contribution in [3.63, 3.8) is 0 Å². The summed E-state index contributed by atoms with van der Waals surface area (Å²) in [4.78, 5) is 1.29. The molecule has 0 aliphatic heterocycles. The monoisotopic (exact) mass is 233 g/mol. The molecule has 0 aliphatic carbocycles. The lowest BCUT2D eigenvalue weighted by Gasteiger charge is -1.93. The Kier molecular flexibility index (Phi) is 4.22. The molecule has 0 aliphatic rings. The summed E-state index contributed by atoms with van der Waals surface area (Å²) < 4.78 is 2.26. The fourth-order valence-electron chi connectivity index (χ4n) is 0.656. The fraction of sp³-hybridized carbons (Fsp3) is 0.429. The van der Waals surface area contributed by atoms with Crippen molar-refractivity contribution in [2.45, 2.75) is 17.6 Å². The van der Waals surface area contributed by atoms with E-state index in [1.54, 1.807) is 34.4 Å². The SMILES string of the molecule is Cc1sc(=S)sc1SCCC#N. The molecular formula is C7H7NS4. The first-order chi connectivity index (χ1) is 5.74. The van der Waals surface area contributed by atoms with Gasteiger partial charge in [-0.2, -0.15) is 5.26 Å². The molecule has 0 amide bonds. The van der Waals surface area contributed by atoms with Crippen LogP contribution in [0.15, 0.2) is 4.21 Å². The molecular weight excluding hydrogens is 226 g/mol. The molecule has 1 aromatic rings. The summed E-state index contributed by atoms with van der Waals surface area (Å²) in [5, 5.41) is 8.34. The first-order valence-electron chi connectivity index (χ1n) is 3.34. The van der Waals surface area contributed by atoms with Crippen LogP contribution in [0.3, 0.4) is 0 Å². The summed E-state index contributed by atoms with van der Waals surface area (Å²) in [5.74, 6) is 0.874. The Morgan fingerprint density at radius 3 is 2.83 bits per heavy atom. The van der Waals surface area contributed by atoms with Gasteiger partial charge in [-0.3, -0.25) is 0 Å². The highest BCUT2D eigenvalue weighted by molar-refractivity contribution is 8.01. The van der Waals surface area contributed by atoms with Crippen LogP contribution in [0.5, 0.6) is 0 Å². The Morgan fingerprint density at radius 1 is 1.58 bits per heavy atom. The van der Waals surface area contributed by atoms with Crippen LogP contribution in [-0.2, 0) is 0 Å². The van der Waals surface area contributed by atoms with Crippen molar-refractivity contribution in [2.24, 2.45) is 0 Å². The van der Waals surface area contributed by atoms with Gasteiger partial charge in [0.25, 0.3) is 0 Å². The van der Waals surface area contributed by atoms with Gasteiger partial charge in [-0.1, -0.05) is 12.2 Å². The second-order valence-electron chi connectivity index (χ2n) is 2.05. The molecule has 1 aromatic heterocycles. The van der Waals surface area contributed by atoms with Gasteiger partial charge in [-0.05, 0) is 6.92 Å². The highest BCUT2D eigenvalue weighted by Gasteiger charge is 2.02. The topological polar surface area (TPSA) is 23.8 Å². The smallest absolute Gasteiger partial charge is 0.145 e. The van der Waals surface area contributed by atoms with Crippen molar-refractivity contribution in [2.75, 3.05) is 5.75 Å². The van der Waals surface area contributed by atoms with Crippen molar-refractivity contribution in [1.82, 2.24) is 0 Å². The van der Waals surface area contributed by atoms with Crippen molar-refractivity contribution >= 4 is 46.7 Å². The summed E-state index contributed by atoms with van der Waals surface area (Å²) in [5.41, 5.74) is 0. The molecule has 0 bridgehead atoms. The van der Waals surface area contributed by atoms with Crippen LogP contribution >= 0.6 is 46.7 Å². The van der Waals surface area contributed by atoms with Crippen molar-refractivity contribution in [3.8, 4) is 6.07 Å². The Labute approximate surface area is 89.1 Å². The predicted molar refractivity (Wildman–Crippen MR) is 58.7 cm³/mol. The zero-order chi connectivity index (χ0) is 8.97. The minimum atomic E-state index is 0.611. The van der Waals surface area contributed by atoms with Gasteiger partial charge in [-0.25, -0.2) is 0 Å². The molecule has 0 spiro atoms. The first-order valence-corrected chi connectivity index (χ1v) is 6.37. The number of aryl methyl sites for hydroxylation is 1. The van der Waals surface area contributed by atoms with Crippen LogP contribution in [-0.4, -0.2) is 5.75 Å². The quantitative estimate of drug-likeness (QED) is 0.450. The Balaban J connectivity index is 2.58. The van der Waals surface area contributed by atoms with Crippen LogP contribution in [0.25, 0.3) is 0 Å². The molecule has 0 radical (unpaired) electrons. The number of rotatable bonds is 3. The van der Waals surface area contributed by atoms with E-state index in [1.165, 1.54) is 9.09 Å². The molecule has 1 nitrogen and oxygen atoms in total. The van der Waals surface area contributed by atoms with E-state index in [4.69, 9.17) is 17.5 Å². The predicted octanol–water partition coefficient (Wildman–Crippen LogP) is 3.85. The maximum Gasteiger partial charge on any atom is 0.145 e. The number of hydrogen-bond donors (Lipinski definition) is 0. The maximum atomic E-state index is 8.34. The molecule has 0 N–H and O–H groups in total. The summed E-state index contributed by atoms with van der Waals surface area (Å²) in [7, 11) is 0. The van der Waals surface area contributed by atoms with Gasteiger partial charge < -0.3 is 0 Å². The maximum absolute atomic E-state index is 8.34. The molecule has 12 heavy (non-hydrogen) atoms. The van der Waals surface area contributed by atoms with Crippen molar-refractivity contribution in [3.05, 3.63) is 8.01 Å². The molecule has 1 rings (SSSR count). The van der Waals surface area contributed by atoms with E-state index in [1.807, 2.05) is 0 Å². The third-order valence-corrected chi connectivity index (χ3v) is 5.32. The second-order valence-corrected chi connectivity index (χ2v) is 6.85. The number of nitrogens with zero attached hydrogens (tertiary/aromatic N) is 1. The number of nitriles is 1. The molecule has 0 aromatic carbocycles. The summed E-state index contributed by atoms with van der Waals surface area (Å²) in [6.07, 6.45) is 0.611. The first kappa shape index (κ1) is 10.2. The molecule has 0 saturated heterocycles. The lowest BCUT2D eigenvalue weighted by molar-refractivity contribution is 1.24. The van der Waals surface area contributed by atoms with Gasteiger partial charge in [0.1, 0.15) is 3.14 Å². The third-order valence-electron chi connectivity index (χ3n) is 1.15. The highest BCUT2D eigenvalue weighted by atomic mass is 32.2. The van der Waals surface area contributed by atoms with Crippen molar-refractivity contribution in [1.29, 1.82) is 5.26 Å². The van der Waals surface area contributed by atoms with Crippen molar-refractivity contribution < 1.29 is 0 Å². The van der Waals surface area contributed by atoms with Crippen LogP contribution in [0.1, 0.15) is 11.3 Å². The average molecular weight is 233 g/mol. The highest BCUT2D eigenvalue weighted by Crippen LogP contribution is 2.33. The standard InChI is InChI=1S/C7H7NS4/c1-5-6(10-4-2-3-8)12-7(9)11-5/h2,4H2,1H3. The van der Waals surface area contributed by atoms with E-state index in [9.17, 15) is 0 Å². The van der Waals surface area contributed by atoms with E-state index in [0.29, 0.717) is 6.42 Å². The Morgan fingerprint density at radius 2 is 2.33 bits per heavy atom. The largest absolute Gasteiger partial charge is 0.198 e. The van der Waals surface area contributed by atoms with E-state index < -0.39 is 0 Å². The van der Waals surface area contributed by atoms with Crippen LogP contribution in [0, 0.1) is 21.4 Å². The lowest BCUT2D eigenvalue weighted by atomic mass is 10.6. The van der Waals surface area contributed by atoms with E-state index in [2.05, 4.69) is 13.0 Å². The van der Waals surface area contributed by atoms with E-state index in [0.717, 1.165) is 8.89 Å². The van der Waals surface area contributed by atoms with Crippen LogP contribution in [0.2, 0.25) is 0 Å². The fourth-order valence-corrected chi connectivity index (χ4v) is 4.89. The number of thioether (sulfide) groups is 1. The van der Waals surface area contributed by atoms with Gasteiger partial charge >= 0.3 is 0 Å². The molecule has 64 valence electrons. The zero-order valence-electron chi connectivity index (χ0n) is 6.49. The Bertz CT molecular complexity index is 343. The summed E-state index contributed by atoms with van der Waals surface area (Å²) >= 11 is 10.1. The van der Waals surface area contributed by atoms with Crippen LogP contribution < -0.4 is 0 Å². The zero-order valence-corrected chi connectivity index (χ0v) is 9.76. The van der Waals surface area contributed by atoms with Gasteiger partial charge in [0.15, 0.2) is 0 Å². The van der Waals surface area contributed by atoms with Crippen LogP contribution in [0.4, 0.5) is 0 Å². The summed E-state index contributed by atoms with van der Waals surface area (Å²) in [6, 6.07) is 2.13. The molecule has 1 heterocycles. The molecule has 0 unspecified atom stereocenters. The second kappa shape index (κ2) is 4.97. The minimum absolute atomic E-state index is 0.611. The molecule has 0 atom stereocenters. The van der Waals surface area contributed by atoms with Gasteiger partial charge in [0.2, 0.25) is 0 Å². The van der Waals surface area contributed by atoms with Gasteiger partial charge in [0.05, 0.1) is 10.3 Å². The van der Waals surface area contributed by atoms with Gasteiger partial charge in [-0.15, -0.1) is 34.4 Å². The van der Waals surface area contributed by atoms with E-state index >= 15 is 0 Å². The molecule has 0 fully saturated rings. The normalized spacial score (nSPS) is 9.67. The Hall–Kier alpha value is 0.110. The lowest BCUT2D eigenvalue weighted by Crippen LogP contribution is -1.74. The molecule has 0 saturated carbocycles.